The third-order valence-corrected chi connectivity index (χ3v) is 2.52. The van der Waals surface area contributed by atoms with E-state index in [4.69, 9.17) is 16.7 Å². The molecule has 0 aromatic carbocycles. The van der Waals surface area contributed by atoms with Crippen LogP contribution in [0.3, 0.4) is 0 Å². The van der Waals surface area contributed by atoms with Crippen molar-refractivity contribution in [3.05, 3.63) is 23.2 Å². The number of esters is 1. The summed E-state index contributed by atoms with van der Waals surface area (Å²) in [6, 6.07) is -1.22. The van der Waals surface area contributed by atoms with Crippen LogP contribution in [0.5, 0.6) is 0 Å². The smallest absolute Gasteiger partial charge is 0.326 e. The number of ether oxygens (including phenoxy) is 1. The van der Waals surface area contributed by atoms with E-state index in [2.05, 4.69) is 20.0 Å². The highest BCUT2D eigenvalue weighted by Crippen LogP contribution is 2.04. The number of rotatable bonds is 6. The molecule has 1 amide bonds. The maximum absolute atomic E-state index is 11.7. The minimum atomic E-state index is -1.26. The lowest BCUT2D eigenvalue weighted by atomic mass is 10.1. The summed E-state index contributed by atoms with van der Waals surface area (Å²) in [6.07, 6.45) is 2.08. The van der Waals surface area contributed by atoms with Crippen LogP contribution in [0.15, 0.2) is 12.4 Å². The van der Waals surface area contributed by atoms with Gasteiger partial charge >= 0.3 is 11.9 Å². The average Bonchev–Trinajstić information content (AvgIpc) is 2.43. The lowest BCUT2D eigenvalue weighted by Gasteiger charge is -2.13. The molecule has 0 aliphatic rings. The number of amides is 1. The molecule has 0 saturated heterocycles. The third kappa shape index (κ3) is 4.81. The Hall–Kier alpha value is -2.22. The molecule has 1 aromatic heterocycles. The van der Waals surface area contributed by atoms with Gasteiger partial charge in [-0.3, -0.25) is 9.59 Å². The number of carbonyl (C=O) groups is 3. The number of hydrogen-bond acceptors (Lipinski definition) is 6. The zero-order valence-corrected chi connectivity index (χ0v) is 11.3. The van der Waals surface area contributed by atoms with E-state index in [-0.39, 0.29) is 23.7 Å². The Kier molecular flexibility index (Phi) is 5.85. The first kappa shape index (κ1) is 15.8. The van der Waals surface area contributed by atoms with Crippen LogP contribution in [0.4, 0.5) is 0 Å². The summed E-state index contributed by atoms with van der Waals surface area (Å²) in [6.45, 7) is 0. The largest absolute Gasteiger partial charge is 0.480 e. The summed E-state index contributed by atoms with van der Waals surface area (Å²) in [4.78, 5) is 41.1. The van der Waals surface area contributed by atoms with Crippen LogP contribution < -0.4 is 5.32 Å². The van der Waals surface area contributed by atoms with Gasteiger partial charge in [-0.25, -0.2) is 14.8 Å². The van der Waals surface area contributed by atoms with Crippen LogP contribution in [0.2, 0.25) is 5.15 Å². The van der Waals surface area contributed by atoms with Gasteiger partial charge in [0.2, 0.25) is 0 Å². The molecule has 0 fully saturated rings. The molecule has 0 radical (unpaired) electrons. The minimum Gasteiger partial charge on any atom is -0.480 e. The zero-order valence-electron chi connectivity index (χ0n) is 10.5. The van der Waals surface area contributed by atoms with Crippen molar-refractivity contribution < 1.29 is 24.2 Å². The van der Waals surface area contributed by atoms with Gasteiger partial charge in [0.25, 0.3) is 5.91 Å². The molecule has 20 heavy (non-hydrogen) atoms. The van der Waals surface area contributed by atoms with Gasteiger partial charge in [0, 0.05) is 6.42 Å². The maximum Gasteiger partial charge on any atom is 0.326 e. The van der Waals surface area contributed by atoms with E-state index >= 15 is 0 Å². The Bertz CT molecular complexity index is 505. The first-order chi connectivity index (χ1) is 9.43. The van der Waals surface area contributed by atoms with Crippen molar-refractivity contribution in [3.63, 3.8) is 0 Å². The second-order valence-corrected chi connectivity index (χ2v) is 4.09. The molecule has 0 bridgehead atoms. The van der Waals surface area contributed by atoms with Crippen molar-refractivity contribution in [2.45, 2.75) is 18.9 Å². The number of aromatic nitrogens is 2. The van der Waals surface area contributed by atoms with Crippen molar-refractivity contribution in [2.75, 3.05) is 7.11 Å². The van der Waals surface area contributed by atoms with E-state index < -0.39 is 23.9 Å². The Morgan fingerprint density at radius 1 is 1.40 bits per heavy atom. The number of aliphatic carboxylic acids is 1. The van der Waals surface area contributed by atoms with Gasteiger partial charge in [-0.2, -0.15) is 0 Å². The molecule has 9 heteroatoms. The Balaban J connectivity index is 2.65. The molecule has 0 aliphatic heterocycles. The highest BCUT2D eigenvalue weighted by molar-refractivity contribution is 6.29. The fourth-order valence-electron chi connectivity index (χ4n) is 1.28. The van der Waals surface area contributed by atoms with E-state index in [1.807, 2.05) is 0 Å². The van der Waals surface area contributed by atoms with Crippen molar-refractivity contribution in [1.29, 1.82) is 0 Å². The van der Waals surface area contributed by atoms with Crippen LogP contribution >= 0.6 is 11.6 Å². The summed E-state index contributed by atoms with van der Waals surface area (Å²) in [5, 5.41) is 11.3. The summed E-state index contributed by atoms with van der Waals surface area (Å²) in [5.74, 6) is -2.53. The van der Waals surface area contributed by atoms with E-state index in [1.54, 1.807) is 0 Å². The van der Waals surface area contributed by atoms with Crippen molar-refractivity contribution >= 4 is 29.4 Å². The lowest BCUT2D eigenvalue weighted by Crippen LogP contribution is -2.41. The molecular formula is C11H12ClN3O5. The molecule has 1 atom stereocenters. The molecular weight excluding hydrogens is 290 g/mol. The third-order valence-electron chi connectivity index (χ3n) is 2.32. The van der Waals surface area contributed by atoms with Gasteiger partial charge < -0.3 is 15.2 Å². The monoisotopic (exact) mass is 301 g/mol. The van der Waals surface area contributed by atoms with Gasteiger partial charge in [0.15, 0.2) is 0 Å². The predicted molar refractivity (Wildman–Crippen MR) is 67.2 cm³/mol. The van der Waals surface area contributed by atoms with Crippen LogP contribution in [0.25, 0.3) is 0 Å². The van der Waals surface area contributed by atoms with Gasteiger partial charge in [-0.15, -0.1) is 0 Å². The average molecular weight is 302 g/mol. The normalized spacial score (nSPS) is 11.5. The van der Waals surface area contributed by atoms with Gasteiger partial charge in [-0.1, -0.05) is 11.6 Å². The quantitative estimate of drug-likeness (QED) is 0.724. The number of carboxylic acid groups (broad SMARTS) is 1. The van der Waals surface area contributed by atoms with Crippen LogP contribution in [0.1, 0.15) is 23.3 Å². The molecule has 0 unspecified atom stereocenters. The second-order valence-electron chi connectivity index (χ2n) is 3.70. The molecule has 0 spiro atoms. The summed E-state index contributed by atoms with van der Waals surface area (Å²) in [5.41, 5.74) is -0.0706. The topological polar surface area (TPSA) is 118 Å². The molecule has 1 heterocycles. The molecule has 1 aromatic rings. The first-order valence-corrected chi connectivity index (χ1v) is 5.90. The Morgan fingerprint density at radius 2 is 2.10 bits per heavy atom. The van der Waals surface area contributed by atoms with Crippen molar-refractivity contribution in [3.8, 4) is 0 Å². The number of halogens is 1. The predicted octanol–water partition coefficient (Wildman–Crippen LogP) is 0.266. The summed E-state index contributed by atoms with van der Waals surface area (Å²) >= 11 is 5.52. The van der Waals surface area contributed by atoms with E-state index in [0.717, 1.165) is 6.20 Å². The highest BCUT2D eigenvalue weighted by atomic mass is 35.5. The lowest BCUT2D eigenvalue weighted by molar-refractivity contribution is -0.142. The molecule has 108 valence electrons. The van der Waals surface area contributed by atoms with E-state index in [0.29, 0.717) is 0 Å². The SMILES string of the molecule is COC(=O)CC[C@H](NC(=O)c1cnc(Cl)cn1)C(=O)O. The maximum atomic E-state index is 11.7. The number of methoxy groups -OCH3 is 1. The summed E-state index contributed by atoms with van der Waals surface area (Å²) < 4.78 is 4.40. The molecule has 1 rings (SSSR count). The number of nitrogens with one attached hydrogen (secondary N) is 1. The fraction of sp³-hybridized carbons (Fsp3) is 0.364. The number of carboxylic acids is 1. The van der Waals surface area contributed by atoms with Crippen LogP contribution in [-0.4, -0.2) is 46.1 Å². The van der Waals surface area contributed by atoms with Crippen LogP contribution in [0, 0.1) is 0 Å². The number of hydrogen-bond donors (Lipinski definition) is 2. The second kappa shape index (κ2) is 7.39. The van der Waals surface area contributed by atoms with Gasteiger partial charge in [0.1, 0.15) is 16.9 Å². The first-order valence-electron chi connectivity index (χ1n) is 5.52. The number of carbonyl (C=O) groups excluding carboxylic acids is 2. The van der Waals surface area contributed by atoms with E-state index in [9.17, 15) is 14.4 Å². The molecule has 2 N–H and O–H groups in total. The zero-order chi connectivity index (χ0) is 15.1. The standard InChI is InChI=1S/C11H12ClN3O5/c1-20-9(16)3-2-6(11(18)19)15-10(17)7-4-14-8(12)5-13-7/h4-6H,2-3H2,1H3,(H,15,17)(H,18,19)/t6-/m0/s1. The molecule has 0 saturated carbocycles. The van der Waals surface area contributed by atoms with Crippen LogP contribution in [-0.2, 0) is 14.3 Å². The summed E-state index contributed by atoms with van der Waals surface area (Å²) in [7, 11) is 1.19. The Morgan fingerprint density at radius 3 is 2.60 bits per heavy atom. The number of nitrogens with zero attached hydrogens (tertiary/aromatic N) is 2. The minimum absolute atomic E-state index is 0.0706. The fourth-order valence-corrected chi connectivity index (χ4v) is 1.38. The van der Waals surface area contributed by atoms with Crippen molar-refractivity contribution in [1.82, 2.24) is 15.3 Å². The highest BCUT2D eigenvalue weighted by Gasteiger charge is 2.22. The van der Waals surface area contributed by atoms with Gasteiger partial charge in [-0.05, 0) is 6.42 Å². The van der Waals surface area contributed by atoms with E-state index in [1.165, 1.54) is 13.3 Å². The Labute approximate surface area is 119 Å². The van der Waals surface area contributed by atoms with Gasteiger partial charge in [0.05, 0.1) is 19.5 Å². The molecule has 8 nitrogen and oxygen atoms in total. The van der Waals surface area contributed by atoms with Crippen molar-refractivity contribution in [2.24, 2.45) is 0 Å². The molecule has 0 aliphatic carbocycles.